The van der Waals surface area contributed by atoms with E-state index < -0.39 is 0 Å². The van der Waals surface area contributed by atoms with Gasteiger partial charge in [-0.1, -0.05) is 11.5 Å². The van der Waals surface area contributed by atoms with E-state index in [2.05, 4.69) is 21.5 Å². The molecule has 0 atom stereocenters. The number of H-pyrrole nitrogens is 1. The highest BCUT2D eigenvalue weighted by Gasteiger charge is 2.27. The minimum Gasteiger partial charge on any atom is -0.348 e. The highest BCUT2D eigenvalue weighted by molar-refractivity contribution is 6.34. The van der Waals surface area contributed by atoms with Crippen LogP contribution in [0.15, 0.2) is 29.2 Å². The molecule has 7 heteroatoms. The van der Waals surface area contributed by atoms with Gasteiger partial charge in [-0.2, -0.15) is 5.10 Å². The molecular weight excluding hydrogens is 327 g/mol. The van der Waals surface area contributed by atoms with Crippen molar-refractivity contribution in [1.82, 2.24) is 20.1 Å². The fraction of sp³-hybridized carbons (Fsp3) is 0.316. The van der Waals surface area contributed by atoms with Crippen LogP contribution in [0.5, 0.6) is 0 Å². The van der Waals surface area contributed by atoms with Gasteiger partial charge in [-0.15, -0.1) is 0 Å². The zero-order valence-electron chi connectivity index (χ0n) is 15.2. The van der Waals surface area contributed by atoms with E-state index in [1.165, 1.54) is 0 Å². The molecule has 2 aromatic heterocycles. The molecule has 0 saturated heterocycles. The van der Waals surface area contributed by atoms with Gasteiger partial charge in [0.15, 0.2) is 0 Å². The predicted molar refractivity (Wildman–Crippen MR) is 104 cm³/mol. The molecule has 1 aliphatic carbocycles. The number of rotatable bonds is 4. The number of pyridine rings is 1. The summed E-state index contributed by atoms with van der Waals surface area (Å²) in [6.45, 7) is 3.93. The van der Waals surface area contributed by atoms with Gasteiger partial charge in [-0.05, 0) is 44.4 Å². The fourth-order valence-corrected chi connectivity index (χ4v) is 3.45. The highest BCUT2D eigenvalue weighted by atomic mass is 16.1. The summed E-state index contributed by atoms with van der Waals surface area (Å²) < 4.78 is 2.02. The number of hydrogen-bond donors (Lipinski definition) is 2. The molecule has 3 aromatic rings. The zero-order valence-corrected chi connectivity index (χ0v) is 15.2. The average molecular weight is 348 g/mol. The Kier molecular flexibility index (Phi) is 3.94. The molecule has 1 saturated carbocycles. The van der Waals surface area contributed by atoms with Crippen molar-refractivity contribution in [2.45, 2.75) is 39.3 Å². The van der Waals surface area contributed by atoms with E-state index >= 15 is 0 Å². The number of nitrogens with one attached hydrogen (secondary N) is 2. The van der Waals surface area contributed by atoms with Crippen molar-refractivity contribution in [2.75, 3.05) is 0 Å². The molecular formula is C19H21BN4O2. The van der Waals surface area contributed by atoms with E-state index in [1.54, 1.807) is 6.20 Å². The molecule has 1 amide bonds. The van der Waals surface area contributed by atoms with Gasteiger partial charge < -0.3 is 10.3 Å². The third-order valence-electron chi connectivity index (χ3n) is 4.92. The van der Waals surface area contributed by atoms with Crippen LogP contribution in [-0.2, 0) is 6.54 Å². The molecule has 1 aliphatic rings. The molecule has 26 heavy (non-hydrogen) atoms. The van der Waals surface area contributed by atoms with Crippen LogP contribution in [0.1, 0.15) is 46.1 Å². The lowest BCUT2D eigenvalue weighted by molar-refractivity contribution is 0.0952. The van der Waals surface area contributed by atoms with Gasteiger partial charge in [-0.3, -0.25) is 14.3 Å². The fourth-order valence-electron chi connectivity index (χ4n) is 3.45. The summed E-state index contributed by atoms with van der Waals surface area (Å²) in [6.07, 6.45) is 4.05. The van der Waals surface area contributed by atoms with E-state index in [0.29, 0.717) is 17.2 Å². The van der Waals surface area contributed by atoms with Gasteiger partial charge in [-0.25, -0.2) is 0 Å². The topological polar surface area (TPSA) is 79.8 Å². The van der Waals surface area contributed by atoms with E-state index in [0.717, 1.165) is 40.5 Å². The molecule has 0 unspecified atom stereocenters. The van der Waals surface area contributed by atoms with Crippen molar-refractivity contribution in [2.24, 2.45) is 0 Å². The van der Waals surface area contributed by atoms with Crippen LogP contribution in [0, 0.1) is 13.8 Å². The average Bonchev–Trinajstić information content (AvgIpc) is 3.33. The van der Waals surface area contributed by atoms with Crippen LogP contribution in [0.2, 0.25) is 0 Å². The lowest BCUT2D eigenvalue weighted by Gasteiger charge is -2.10. The first-order chi connectivity index (χ1) is 12.4. The number of amides is 1. The minimum absolute atomic E-state index is 0.154. The van der Waals surface area contributed by atoms with Crippen molar-refractivity contribution in [3.8, 4) is 0 Å². The Morgan fingerprint density at radius 2 is 2.12 bits per heavy atom. The van der Waals surface area contributed by atoms with Crippen molar-refractivity contribution in [1.29, 1.82) is 0 Å². The van der Waals surface area contributed by atoms with Gasteiger partial charge in [0, 0.05) is 28.8 Å². The van der Waals surface area contributed by atoms with Crippen LogP contribution >= 0.6 is 0 Å². The maximum atomic E-state index is 12.8. The van der Waals surface area contributed by atoms with Crippen molar-refractivity contribution in [3.63, 3.8) is 0 Å². The maximum Gasteiger partial charge on any atom is 0.253 e. The monoisotopic (exact) mass is 348 g/mol. The zero-order chi connectivity index (χ0) is 18.4. The van der Waals surface area contributed by atoms with Crippen LogP contribution in [-0.4, -0.2) is 28.5 Å². The van der Waals surface area contributed by atoms with Gasteiger partial charge in [0.1, 0.15) is 7.85 Å². The van der Waals surface area contributed by atoms with E-state index in [-0.39, 0.29) is 18.0 Å². The molecule has 0 spiro atoms. The van der Waals surface area contributed by atoms with Gasteiger partial charge >= 0.3 is 0 Å². The molecule has 0 aliphatic heterocycles. The number of nitrogens with zero attached hydrogens (tertiary/aromatic N) is 2. The number of carbonyl (C=O) groups is 1. The molecule has 132 valence electrons. The number of hydrogen-bond acceptors (Lipinski definition) is 3. The molecule has 0 radical (unpaired) electrons. The van der Waals surface area contributed by atoms with Gasteiger partial charge in [0.05, 0.1) is 17.8 Å². The first kappa shape index (κ1) is 16.6. The summed E-state index contributed by atoms with van der Waals surface area (Å²) in [5.74, 6) is -0.187. The number of fused-ring (bicyclic) bond motifs is 1. The minimum atomic E-state index is -0.187. The van der Waals surface area contributed by atoms with E-state index in [4.69, 9.17) is 0 Å². The number of benzene rings is 1. The quantitative estimate of drug-likeness (QED) is 0.687. The summed E-state index contributed by atoms with van der Waals surface area (Å²) in [4.78, 5) is 27.7. The van der Waals surface area contributed by atoms with E-state index in [1.807, 2.05) is 38.5 Å². The highest BCUT2D eigenvalue weighted by Crippen LogP contribution is 2.36. The summed E-state index contributed by atoms with van der Waals surface area (Å²) >= 11 is 0. The van der Waals surface area contributed by atoms with Crippen molar-refractivity contribution >= 4 is 30.1 Å². The maximum absolute atomic E-state index is 12.8. The second kappa shape index (κ2) is 6.16. The molecule has 4 rings (SSSR count). The van der Waals surface area contributed by atoms with Crippen molar-refractivity contribution < 1.29 is 4.79 Å². The Balaban J connectivity index is 1.64. The Morgan fingerprint density at radius 1 is 1.35 bits per heavy atom. The first-order valence-electron chi connectivity index (χ1n) is 8.89. The second-order valence-corrected chi connectivity index (χ2v) is 7.19. The van der Waals surface area contributed by atoms with Crippen LogP contribution in [0.25, 0.3) is 10.9 Å². The lowest BCUT2D eigenvalue weighted by Crippen LogP contribution is -2.28. The molecule has 0 bridgehead atoms. The van der Waals surface area contributed by atoms with E-state index in [9.17, 15) is 9.59 Å². The van der Waals surface area contributed by atoms with Gasteiger partial charge in [0.25, 0.3) is 11.5 Å². The molecule has 2 N–H and O–H groups in total. The largest absolute Gasteiger partial charge is 0.348 e. The summed E-state index contributed by atoms with van der Waals surface area (Å²) in [5.41, 5.74) is 4.75. The molecule has 1 aromatic carbocycles. The summed E-state index contributed by atoms with van der Waals surface area (Å²) in [7, 11) is 1.98. The number of aromatic amines is 1. The standard InChI is InChI=1S/C19H21BN4O2/c1-10-5-11(2)23-19(26)15(10)8-21-18(25)14-6-12(20)7-17-16(14)9-22-24(17)13-3-4-13/h5-7,9,13H,3-4,8,20H2,1-2H3,(H,21,25)(H,23,26). The van der Waals surface area contributed by atoms with Crippen LogP contribution < -0.4 is 16.3 Å². The molecule has 6 nitrogen and oxygen atoms in total. The Morgan fingerprint density at radius 3 is 2.81 bits per heavy atom. The third kappa shape index (κ3) is 2.94. The molecule has 1 fully saturated rings. The number of aromatic nitrogens is 3. The lowest BCUT2D eigenvalue weighted by atomic mass is 9.92. The van der Waals surface area contributed by atoms with Crippen LogP contribution in [0.3, 0.4) is 0 Å². The predicted octanol–water partition coefficient (Wildman–Crippen LogP) is 0.865. The smallest absolute Gasteiger partial charge is 0.253 e. The van der Waals surface area contributed by atoms with Crippen LogP contribution in [0.4, 0.5) is 0 Å². The first-order valence-corrected chi connectivity index (χ1v) is 8.89. The van der Waals surface area contributed by atoms with Crippen molar-refractivity contribution in [3.05, 3.63) is 57.1 Å². The third-order valence-corrected chi connectivity index (χ3v) is 4.92. The second-order valence-electron chi connectivity index (χ2n) is 7.19. The Bertz CT molecular complexity index is 1080. The normalized spacial score (nSPS) is 13.9. The Hall–Kier alpha value is -2.83. The molecule has 2 heterocycles. The SMILES string of the molecule is Bc1cc(C(=O)NCc2c(C)cc(C)[nH]c2=O)c2cnn(C3CC3)c2c1. The van der Waals surface area contributed by atoms with Gasteiger partial charge in [0.2, 0.25) is 0 Å². The number of carbonyl (C=O) groups excluding carboxylic acids is 1. The summed E-state index contributed by atoms with van der Waals surface area (Å²) in [6, 6.07) is 6.32. The summed E-state index contributed by atoms with van der Waals surface area (Å²) in [5, 5.41) is 8.23. The Labute approximate surface area is 152 Å². The number of aryl methyl sites for hydroxylation is 2.